The molecule has 0 unspecified atom stereocenters. The fraction of sp³-hybridized carbons (Fsp3) is 0.423. The first-order valence-corrected chi connectivity index (χ1v) is 12.7. The quantitative estimate of drug-likeness (QED) is 0.112. The summed E-state index contributed by atoms with van der Waals surface area (Å²) in [6.45, 7) is 5.92. The Balaban J connectivity index is 0.000000416. The van der Waals surface area contributed by atoms with Crippen LogP contribution >= 0.6 is 0 Å². The number of hydrogen-bond acceptors (Lipinski definition) is 9. The Morgan fingerprint density at radius 1 is 0.769 bits per heavy atom. The zero-order valence-corrected chi connectivity index (χ0v) is 22.7. The summed E-state index contributed by atoms with van der Waals surface area (Å²) < 4.78 is 5.19. The van der Waals surface area contributed by atoms with Crippen LogP contribution in [0.3, 0.4) is 0 Å². The van der Waals surface area contributed by atoms with E-state index in [2.05, 4.69) is 10.6 Å². The van der Waals surface area contributed by atoms with Crippen molar-refractivity contribution >= 4 is 54.3 Å². The highest BCUT2D eigenvalue weighted by atomic mass is 16.6. The van der Waals surface area contributed by atoms with Crippen LogP contribution in [0.15, 0.2) is 48.5 Å². The standard InChI is InChI=1S/C16H24BNO5.C10H15BN2O3/c1-16(2,3)23-15(20)10-5-4-9-14(19)18-13-8-6-7-12(11-13)17(21)22;12-6-2-5-10(14)13-9-4-1-3-8(7-9)11(15)16/h6-8,11,21-22H,4-5,9-10H2,1-3H3,(H,18,19);1,3-4,7,15-16H,2,5-6,12H2,(H,13,14). The van der Waals surface area contributed by atoms with Crippen LogP contribution < -0.4 is 27.3 Å². The number of anilines is 2. The predicted octanol–water partition coefficient (Wildman–Crippen LogP) is 0.251. The maximum Gasteiger partial charge on any atom is 0.488 e. The summed E-state index contributed by atoms with van der Waals surface area (Å²) in [5.41, 5.74) is 6.51. The lowest BCUT2D eigenvalue weighted by Crippen LogP contribution is -2.30. The highest BCUT2D eigenvalue weighted by Gasteiger charge is 2.16. The van der Waals surface area contributed by atoms with Crippen LogP contribution in [0.25, 0.3) is 0 Å². The maximum absolute atomic E-state index is 11.8. The molecule has 8 N–H and O–H groups in total. The second kappa shape index (κ2) is 17.4. The second-order valence-corrected chi connectivity index (χ2v) is 9.78. The topological polar surface area (TPSA) is 191 Å². The summed E-state index contributed by atoms with van der Waals surface area (Å²) in [7, 11) is -3.10. The van der Waals surface area contributed by atoms with Crippen LogP contribution in [0.4, 0.5) is 11.4 Å². The average Bonchev–Trinajstić information content (AvgIpc) is 2.85. The number of esters is 1. The third-order valence-electron chi connectivity index (χ3n) is 5.00. The average molecular weight is 543 g/mol. The van der Waals surface area contributed by atoms with Gasteiger partial charge in [-0.15, -0.1) is 0 Å². The first-order chi connectivity index (χ1) is 18.3. The molecule has 212 valence electrons. The number of hydrogen-bond donors (Lipinski definition) is 7. The van der Waals surface area contributed by atoms with E-state index in [9.17, 15) is 14.4 Å². The number of rotatable bonds is 12. The minimum atomic E-state index is -1.57. The van der Waals surface area contributed by atoms with Gasteiger partial charge in [0.05, 0.1) is 0 Å². The van der Waals surface area contributed by atoms with Gasteiger partial charge in [-0.3, -0.25) is 14.4 Å². The van der Waals surface area contributed by atoms with Crippen molar-refractivity contribution in [2.75, 3.05) is 17.2 Å². The lowest BCUT2D eigenvalue weighted by Gasteiger charge is -2.19. The molecule has 13 heteroatoms. The fourth-order valence-electron chi connectivity index (χ4n) is 3.21. The summed E-state index contributed by atoms with van der Waals surface area (Å²) in [5, 5.41) is 41.4. The third kappa shape index (κ3) is 15.7. The minimum Gasteiger partial charge on any atom is -0.460 e. The molecule has 0 aromatic heterocycles. The van der Waals surface area contributed by atoms with Crippen LogP contribution in [0.2, 0.25) is 0 Å². The summed E-state index contributed by atoms with van der Waals surface area (Å²) >= 11 is 0. The first-order valence-electron chi connectivity index (χ1n) is 12.7. The zero-order chi connectivity index (χ0) is 29.4. The molecule has 0 saturated carbocycles. The van der Waals surface area contributed by atoms with Gasteiger partial charge < -0.3 is 41.2 Å². The highest BCUT2D eigenvalue weighted by molar-refractivity contribution is 6.59. The molecule has 0 heterocycles. The van der Waals surface area contributed by atoms with Crippen LogP contribution in [0.1, 0.15) is 59.3 Å². The molecule has 0 atom stereocenters. The van der Waals surface area contributed by atoms with E-state index in [-0.39, 0.29) is 30.6 Å². The number of amides is 2. The molecule has 0 radical (unpaired) electrons. The van der Waals surface area contributed by atoms with Crippen molar-refractivity contribution in [3.05, 3.63) is 48.5 Å². The largest absolute Gasteiger partial charge is 0.488 e. The number of benzene rings is 2. The molecule has 0 aliphatic carbocycles. The number of carbonyl (C=O) groups is 3. The smallest absolute Gasteiger partial charge is 0.460 e. The second-order valence-electron chi connectivity index (χ2n) is 9.78. The number of ether oxygens (including phenoxy) is 1. The summed E-state index contributed by atoms with van der Waals surface area (Å²) in [4.78, 5) is 34.7. The number of unbranched alkanes of at least 4 members (excludes halogenated alkanes) is 1. The fourth-order valence-corrected chi connectivity index (χ4v) is 3.21. The molecule has 11 nitrogen and oxygen atoms in total. The predicted molar refractivity (Wildman–Crippen MR) is 152 cm³/mol. The van der Waals surface area contributed by atoms with E-state index < -0.39 is 19.8 Å². The van der Waals surface area contributed by atoms with Gasteiger partial charge in [0.2, 0.25) is 11.8 Å². The first kappa shape index (κ1) is 33.8. The molecule has 0 spiro atoms. The van der Waals surface area contributed by atoms with Crippen molar-refractivity contribution in [3.63, 3.8) is 0 Å². The molecule has 0 aliphatic heterocycles. The van der Waals surface area contributed by atoms with Crippen LogP contribution in [0.5, 0.6) is 0 Å². The van der Waals surface area contributed by atoms with E-state index >= 15 is 0 Å². The van der Waals surface area contributed by atoms with Gasteiger partial charge in [0.1, 0.15) is 5.60 Å². The van der Waals surface area contributed by atoms with Gasteiger partial charge in [-0.1, -0.05) is 24.3 Å². The van der Waals surface area contributed by atoms with Gasteiger partial charge in [-0.2, -0.15) is 0 Å². The highest BCUT2D eigenvalue weighted by Crippen LogP contribution is 2.11. The Labute approximate surface area is 230 Å². The SMILES string of the molecule is CC(C)(C)OC(=O)CCCCC(=O)Nc1cccc(B(O)O)c1.NCCCC(=O)Nc1cccc(B(O)O)c1. The summed E-state index contributed by atoms with van der Waals surface area (Å²) in [6.07, 6.45) is 2.73. The van der Waals surface area contributed by atoms with E-state index in [1.54, 1.807) is 36.4 Å². The molecule has 0 aliphatic rings. The maximum atomic E-state index is 11.8. The van der Waals surface area contributed by atoms with Crippen molar-refractivity contribution in [1.82, 2.24) is 0 Å². The molecular weight excluding hydrogens is 504 g/mol. The number of nitrogens with one attached hydrogen (secondary N) is 2. The molecule has 0 saturated heterocycles. The molecule has 2 aromatic rings. The minimum absolute atomic E-state index is 0.130. The Morgan fingerprint density at radius 3 is 1.62 bits per heavy atom. The molecule has 0 bridgehead atoms. The lowest BCUT2D eigenvalue weighted by molar-refractivity contribution is -0.155. The van der Waals surface area contributed by atoms with Gasteiger partial charge in [0.15, 0.2) is 0 Å². The van der Waals surface area contributed by atoms with Crippen LogP contribution in [0, 0.1) is 0 Å². The lowest BCUT2D eigenvalue weighted by atomic mass is 9.80. The Kier molecular flexibility index (Phi) is 15.1. The molecule has 39 heavy (non-hydrogen) atoms. The van der Waals surface area contributed by atoms with Gasteiger partial charge in [-0.05, 0) is 81.8 Å². The van der Waals surface area contributed by atoms with Crippen LogP contribution in [-0.2, 0) is 19.1 Å². The normalized spacial score (nSPS) is 10.6. The summed E-state index contributed by atoms with van der Waals surface area (Å²) in [5.74, 6) is -0.573. The zero-order valence-electron chi connectivity index (χ0n) is 22.7. The van der Waals surface area contributed by atoms with Gasteiger partial charge in [0, 0.05) is 30.6 Å². The third-order valence-corrected chi connectivity index (χ3v) is 5.00. The molecule has 0 fully saturated rings. The van der Waals surface area contributed by atoms with Crippen molar-refractivity contribution in [1.29, 1.82) is 0 Å². The van der Waals surface area contributed by atoms with E-state index in [1.807, 2.05) is 20.8 Å². The van der Waals surface area contributed by atoms with E-state index in [1.165, 1.54) is 12.1 Å². The Hall–Kier alpha value is -3.22. The van der Waals surface area contributed by atoms with Crippen molar-refractivity contribution in [2.45, 2.75) is 64.9 Å². The van der Waals surface area contributed by atoms with Crippen LogP contribution in [-0.4, -0.2) is 64.3 Å². The Bertz CT molecular complexity index is 1060. The van der Waals surface area contributed by atoms with Crippen molar-refractivity contribution < 1.29 is 39.2 Å². The monoisotopic (exact) mass is 543 g/mol. The van der Waals surface area contributed by atoms with E-state index in [0.29, 0.717) is 54.5 Å². The van der Waals surface area contributed by atoms with Crippen molar-refractivity contribution in [2.24, 2.45) is 5.73 Å². The van der Waals surface area contributed by atoms with E-state index in [0.717, 1.165) is 0 Å². The van der Waals surface area contributed by atoms with Crippen molar-refractivity contribution in [3.8, 4) is 0 Å². The molecule has 2 amide bonds. The van der Waals surface area contributed by atoms with Gasteiger partial charge in [0.25, 0.3) is 0 Å². The van der Waals surface area contributed by atoms with Gasteiger partial charge >= 0.3 is 20.2 Å². The molecular formula is C26H39B2N3O8. The molecule has 2 rings (SSSR count). The summed E-state index contributed by atoms with van der Waals surface area (Å²) in [6, 6.07) is 12.8. The number of carbonyl (C=O) groups excluding carboxylic acids is 3. The molecule has 2 aromatic carbocycles. The van der Waals surface area contributed by atoms with Gasteiger partial charge in [-0.25, -0.2) is 0 Å². The van der Waals surface area contributed by atoms with E-state index in [4.69, 9.17) is 30.6 Å². The Morgan fingerprint density at radius 2 is 1.21 bits per heavy atom. The number of nitrogens with two attached hydrogens (primary N) is 1.